The fourth-order valence-corrected chi connectivity index (χ4v) is 3.49. The molecule has 2 N–H and O–H groups in total. The van der Waals surface area contributed by atoms with E-state index in [1.807, 2.05) is 10.8 Å². The minimum absolute atomic E-state index is 0.140. The van der Waals surface area contributed by atoms with Crippen molar-refractivity contribution < 1.29 is 9.53 Å². The van der Waals surface area contributed by atoms with Gasteiger partial charge in [-0.25, -0.2) is 0 Å². The lowest BCUT2D eigenvalue weighted by Gasteiger charge is -2.20. The average molecular weight is 365 g/mol. The van der Waals surface area contributed by atoms with Crippen LogP contribution >= 0.6 is 21.6 Å². The van der Waals surface area contributed by atoms with Gasteiger partial charge in [0.25, 0.3) is 0 Å². The van der Waals surface area contributed by atoms with E-state index in [-0.39, 0.29) is 16.9 Å². The Morgan fingerprint density at radius 1 is 1.00 bits per heavy atom. The van der Waals surface area contributed by atoms with Crippen molar-refractivity contribution in [2.75, 3.05) is 37.8 Å². The van der Waals surface area contributed by atoms with Crippen molar-refractivity contribution in [3.05, 3.63) is 0 Å². The summed E-state index contributed by atoms with van der Waals surface area (Å²) in [5.41, 5.74) is 0.391. The van der Waals surface area contributed by atoms with Crippen LogP contribution in [0.4, 0.5) is 0 Å². The van der Waals surface area contributed by atoms with Crippen molar-refractivity contribution in [3.63, 3.8) is 0 Å². The minimum atomic E-state index is 0.140. The highest BCUT2D eigenvalue weighted by Gasteiger charge is 2.09. The van der Waals surface area contributed by atoms with Gasteiger partial charge in [0, 0.05) is 43.2 Å². The highest BCUT2D eigenvalue weighted by molar-refractivity contribution is 8.76. The topological polar surface area (TPSA) is 50.4 Å². The maximum Gasteiger partial charge on any atom is 0.220 e. The third-order valence-corrected chi connectivity index (χ3v) is 5.07. The molecule has 0 rings (SSSR count). The zero-order valence-corrected chi connectivity index (χ0v) is 17.4. The fraction of sp³-hybridized carbons (Fsp3) is 0.941. The first kappa shape index (κ1) is 23.1. The van der Waals surface area contributed by atoms with Gasteiger partial charge in [-0.1, -0.05) is 42.4 Å². The molecule has 0 aromatic heterocycles. The molecule has 0 radical (unpaired) electrons. The molecular formula is C17H36N2O2S2. The summed E-state index contributed by atoms with van der Waals surface area (Å²) in [6.45, 7) is 16.2. The molecule has 0 aromatic carbocycles. The highest BCUT2D eigenvalue weighted by Crippen LogP contribution is 2.21. The molecular weight excluding hydrogens is 328 g/mol. The normalized spacial score (nSPS) is 12.4. The molecule has 0 aliphatic heterocycles. The Bertz CT molecular complexity index is 313. The van der Waals surface area contributed by atoms with Crippen molar-refractivity contribution in [2.45, 2.75) is 59.9 Å². The fourth-order valence-electron chi connectivity index (χ4n) is 1.59. The number of carbonyl (C=O) groups excluding carboxylic acids is 1. The molecule has 0 unspecified atom stereocenters. The molecule has 0 saturated carbocycles. The molecule has 0 fully saturated rings. The third-order valence-electron chi connectivity index (χ3n) is 2.66. The van der Waals surface area contributed by atoms with Crippen molar-refractivity contribution >= 4 is 27.5 Å². The lowest BCUT2D eigenvalue weighted by molar-refractivity contribution is -0.120. The van der Waals surface area contributed by atoms with Crippen LogP contribution in [0.5, 0.6) is 0 Å². The summed E-state index contributed by atoms with van der Waals surface area (Å²) in [6.07, 6.45) is 1.47. The maximum absolute atomic E-state index is 11.7. The lowest BCUT2D eigenvalue weighted by atomic mass is 9.99. The van der Waals surface area contributed by atoms with E-state index in [0.29, 0.717) is 19.6 Å². The Morgan fingerprint density at radius 2 is 1.65 bits per heavy atom. The summed E-state index contributed by atoms with van der Waals surface area (Å²) in [4.78, 5) is 11.7. The van der Waals surface area contributed by atoms with Gasteiger partial charge in [0.05, 0.1) is 6.61 Å². The van der Waals surface area contributed by atoms with E-state index in [9.17, 15) is 4.79 Å². The molecule has 0 bridgehead atoms. The number of amides is 1. The van der Waals surface area contributed by atoms with Crippen molar-refractivity contribution in [1.29, 1.82) is 0 Å². The highest BCUT2D eigenvalue weighted by atomic mass is 33.1. The number of hydrogen-bond donors (Lipinski definition) is 2. The minimum Gasteiger partial charge on any atom is -0.381 e. The maximum atomic E-state index is 11.7. The average Bonchev–Trinajstić information content (AvgIpc) is 2.39. The Hall–Kier alpha value is 0.0900. The predicted octanol–water partition coefficient (Wildman–Crippen LogP) is 3.72. The molecule has 0 atom stereocenters. The van der Waals surface area contributed by atoms with Crippen LogP contribution in [0.3, 0.4) is 0 Å². The largest absolute Gasteiger partial charge is 0.381 e. The van der Waals surface area contributed by atoms with Crippen molar-refractivity contribution in [3.8, 4) is 0 Å². The Labute approximate surface area is 151 Å². The molecule has 0 aliphatic carbocycles. The van der Waals surface area contributed by atoms with Gasteiger partial charge < -0.3 is 15.4 Å². The van der Waals surface area contributed by atoms with Gasteiger partial charge >= 0.3 is 0 Å². The van der Waals surface area contributed by atoms with Crippen LogP contribution in [-0.2, 0) is 9.53 Å². The van der Waals surface area contributed by atoms with Crippen LogP contribution in [0, 0.1) is 5.41 Å². The molecule has 0 saturated heterocycles. The molecule has 6 heteroatoms. The first-order valence-corrected chi connectivity index (χ1v) is 10.9. The van der Waals surface area contributed by atoms with Crippen molar-refractivity contribution in [2.24, 2.45) is 5.41 Å². The van der Waals surface area contributed by atoms with Crippen molar-refractivity contribution in [1.82, 2.24) is 10.6 Å². The standard InChI is InChI=1S/C17H36N2O2S2/c1-16(2,3)14-21-11-7-9-18-15(20)8-12-22-23-13-10-19-17(4,5)6/h19H,7-14H2,1-6H3,(H,18,20). The van der Waals surface area contributed by atoms with Crippen LogP contribution in [0.2, 0.25) is 0 Å². The van der Waals surface area contributed by atoms with E-state index in [0.717, 1.165) is 31.1 Å². The SMILES string of the molecule is CC(C)(C)COCCCNC(=O)CCSSCCNC(C)(C)C. The molecule has 0 aliphatic rings. The Morgan fingerprint density at radius 3 is 2.26 bits per heavy atom. The molecule has 0 heterocycles. The number of ether oxygens (including phenoxy) is 1. The smallest absolute Gasteiger partial charge is 0.220 e. The second kappa shape index (κ2) is 12.5. The van der Waals surface area contributed by atoms with E-state index in [2.05, 4.69) is 52.2 Å². The van der Waals surface area contributed by atoms with Crippen LogP contribution in [-0.4, -0.2) is 49.3 Å². The van der Waals surface area contributed by atoms with Crippen LogP contribution in [0.15, 0.2) is 0 Å². The van der Waals surface area contributed by atoms with Gasteiger partial charge in [0.1, 0.15) is 0 Å². The van der Waals surface area contributed by atoms with Gasteiger partial charge in [-0.2, -0.15) is 0 Å². The number of rotatable bonds is 12. The van der Waals surface area contributed by atoms with Gasteiger partial charge in [0.2, 0.25) is 5.91 Å². The summed E-state index contributed by atoms with van der Waals surface area (Å²) < 4.78 is 5.58. The monoisotopic (exact) mass is 364 g/mol. The van der Waals surface area contributed by atoms with Gasteiger partial charge in [-0.3, -0.25) is 4.79 Å². The van der Waals surface area contributed by atoms with Gasteiger partial charge in [-0.05, 0) is 32.6 Å². The molecule has 23 heavy (non-hydrogen) atoms. The first-order valence-electron chi connectivity index (χ1n) is 8.44. The summed E-state index contributed by atoms with van der Waals surface area (Å²) in [7, 11) is 3.60. The van der Waals surface area contributed by atoms with E-state index < -0.39 is 0 Å². The summed E-state index contributed by atoms with van der Waals surface area (Å²) in [5.74, 6) is 2.07. The molecule has 0 spiro atoms. The third kappa shape index (κ3) is 20.0. The second-order valence-electron chi connectivity index (χ2n) is 7.89. The Kier molecular flexibility index (Phi) is 12.5. The zero-order valence-electron chi connectivity index (χ0n) is 15.8. The number of carbonyl (C=O) groups is 1. The quantitative estimate of drug-likeness (QED) is 0.408. The first-order chi connectivity index (χ1) is 10.6. The summed E-state index contributed by atoms with van der Waals surface area (Å²) in [6, 6.07) is 0. The van der Waals surface area contributed by atoms with Gasteiger partial charge in [0.15, 0.2) is 0 Å². The summed E-state index contributed by atoms with van der Waals surface area (Å²) in [5, 5.41) is 6.40. The zero-order chi connectivity index (χ0) is 17.8. The summed E-state index contributed by atoms with van der Waals surface area (Å²) >= 11 is 0. The van der Waals surface area contributed by atoms with E-state index in [1.54, 1.807) is 10.8 Å². The predicted molar refractivity (Wildman–Crippen MR) is 105 cm³/mol. The molecule has 138 valence electrons. The lowest BCUT2D eigenvalue weighted by Crippen LogP contribution is -2.37. The van der Waals surface area contributed by atoms with E-state index >= 15 is 0 Å². The molecule has 0 aromatic rings. The number of hydrogen-bond acceptors (Lipinski definition) is 5. The van der Waals surface area contributed by atoms with Crippen LogP contribution in [0.1, 0.15) is 54.4 Å². The van der Waals surface area contributed by atoms with Crippen LogP contribution < -0.4 is 10.6 Å². The number of nitrogens with one attached hydrogen (secondary N) is 2. The second-order valence-corrected chi connectivity index (χ2v) is 10.6. The Balaban J connectivity index is 3.32. The van der Waals surface area contributed by atoms with E-state index in [1.165, 1.54) is 0 Å². The van der Waals surface area contributed by atoms with Gasteiger partial charge in [-0.15, -0.1) is 0 Å². The molecule has 1 amide bonds. The van der Waals surface area contributed by atoms with Crippen LogP contribution in [0.25, 0.3) is 0 Å². The molecule has 4 nitrogen and oxygen atoms in total. The van der Waals surface area contributed by atoms with E-state index in [4.69, 9.17) is 4.74 Å².